The van der Waals surface area contributed by atoms with Crippen LogP contribution in [0.25, 0.3) is 0 Å². The molecule has 0 atom stereocenters. The summed E-state index contributed by atoms with van der Waals surface area (Å²) in [5.41, 5.74) is 7.82. The molecular weight excluding hydrogens is 228 g/mol. The molecule has 100 valence electrons. The number of amides is 1. The van der Waals surface area contributed by atoms with Gasteiger partial charge in [-0.3, -0.25) is 4.79 Å². The molecule has 18 heavy (non-hydrogen) atoms. The summed E-state index contributed by atoms with van der Waals surface area (Å²) in [6.07, 6.45) is 0.656. The third kappa shape index (κ3) is 4.04. The van der Waals surface area contributed by atoms with Crippen LogP contribution in [0.5, 0.6) is 0 Å². The Bertz CT molecular complexity index is 428. The predicted molar refractivity (Wildman–Crippen MR) is 73.4 cm³/mol. The molecule has 0 aromatic heterocycles. The number of aliphatic hydroxyl groups excluding tert-OH is 1. The maximum Gasteiger partial charge on any atom is 0.251 e. The summed E-state index contributed by atoms with van der Waals surface area (Å²) in [5.74, 6) is -0.132. The van der Waals surface area contributed by atoms with Crippen LogP contribution >= 0.6 is 0 Å². The molecule has 4 heteroatoms. The van der Waals surface area contributed by atoms with Crippen molar-refractivity contribution in [2.45, 2.75) is 27.2 Å². The predicted octanol–water partition coefficient (Wildman–Crippen LogP) is 1.72. The van der Waals surface area contributed by atoms with E-state index in [1.165, 1.54) is 0 Å². The largest absolute Gasteiger partial charge is 0.398 e. The number of nitrogen functional groups attached to an aromatic ring is 1. The maximum absolute atomic E-state index is 11.9. The number of hydrogen-bond donors (Lipinski definition) is 3. The van der Waals surface area contributed by atoms with E-state index in [1.807, 2.05) is 26.8 Å². The highest BCUT2D eigenvalue weighted by Gasteiger charge is 2.18. The number of nitrogens with two attached hydrogens (primary N) is 1. The molecule has 4 N–H and O–H groups in total. The fraction of sp³-hybridized carbons (Fsp3) is 0.500. The van der Waals surface area contributed by atoms with Crippen molar-refractivity contribution in [2.75, 3.05) is 18.9 Å². The van der Waals surface area contributed by atoms with E-state index in [-0.39, 0.29) is 17.9 Å². The van der Waals surface area contributed by atoms with E-state index in [0.29, 0.717) is 24.2 Å². The van der Waals surface area contributed by atoms with Crippen LogP contribution in [0.2, 0.25) is 0 Å². The molecule has 0 heterocycles. The molecule has 0 radical (unpaired) electrons. The maximum atomic E-state index is 11.9. The van der Waals surface area contributed by atoms with Crippen molar-refractivity contribution in [3.63, 3.8) is 0 Å². The van der Waals surface area contributed by atoms with Gasteiger partial charge in [0.1, 0.15) is 0 Å². The highest BCUT2D eigenvalue weighted by atomic mass is 16.3. The number of carbonyl (C=O) groups is 1. The van der Waals surface area contributed by atoms with Crippen LogP contribution in [0.3, 0.4) is 0 Å². The number of hydrogen-bond acceptors (Lipinski definition) is 3. The third-order valence-electron chi connectivity index (χ3n) is 3.06. The minimum Gasteiger partial charge on any atom is -0.398 e. The lowest BCUT2D eigenvalue weighted by Gasteiger charge is -2.23. The van der Waals surface area contributed by atoms with Gasteiger partial charge in [-0.2, -0.15) is 0 Å². The van der Waals surface area contributed by atoms with Gasteiger partial charge < -0.3 is 16.2 Å². The fourth-order valence-corrected chi connectivity index (χ4v) is 1.59. The van der Waals surface area contributed by atoms with Crippen LogP contribution in [0.4, 0.5) is 5.69 Å². The van der Waals surface area contributed by atoms with E-state index in [2.05, 4.69) is 5.32 Å². The highest BCUT2D eigenvalue weighted by Crippen LogP contribution is 2.18. The van der Waals surface area contributed by atoms with Crippen molar-refractivity contribution in [3.8, 4) is 0 Å². The molecular formula is C14H22N2O2. The Morgan fingerprint density at radius 3 is 2.67 bits per heavy atom. The Kier molecular flexibility index (Phi) is 4.73. The summed E-state index contributed by atoms with van der Waals surface area (Å²) in [6.45, 7) is 6.57. The second-order valence-electron chi connectivity index (χ2n) is 5.39. The number of aliphatic hydroxyl groups is 1. The summed E-state index contributed by atoms with van der Waals surface area (Å²) >= 11 is 0. The number of rotatable bonds is 5. The first-order valence-electron chi connectivity index (χ1n) is 6.11. The monoisotopic (exact) mass is 250 g/mol. The number of nitrogens with one attached hydrogen (secondary N) is 1. The lowest BCUT2D eigenvalue weighted by molar-refractivity contribution is 0.0928. The van der Waals surface area contributed by atoms with E-state index in [9.17, 15) is 4.79 Å². The standard InChI is InChI=1S/C14H22N2O2/c1-10-4-5-11(8-12(10)15)13(18)16-9-14(2,3)6-7-17/h4-5,8,17H,6-7,9,15H2,1-3H3,(H,16,18). The first-order valence-corrected chi connectivity index (χ1v) is 6.11. The summed E-state index contributed by atoms with van der Waals surface area (Å²) in [6, 6.07) is 5.28. The Morgan fingerprint density at radius 2 is 2.11 bits per heavy atom. The van der Waals surface area contributed by atoms with E-state index in [0.717, 1.165) is 5.56 Å². The van der Waals surface area contributed by atoms with Crippen molar-refractivity contribution < 1.29 is 9.90 Å². The average Bonchev–Trinajstić information content (AvgIpc) is 2.30. The average molecular weight is 250 g/mol. The van der Waals surface area contributed by atoms with Crippen molar-refractivity contribution in [3.05, 3.63) is 29.3 Å². The first kappa shape index (κ1) is 14.5. The number of benzene rings is 1. The minimum atomic E-state index is -0.132. The topological polar surface area (TPSA) is 75.3 Å². The highest BCUT2D eigenvalue weighted by molar-refractivity contribution is 5.95. The smallest absolute Gasteiger partial charge is 0.251 e. The summed E-state index contributed by atoms with van der Waals surface area (Å²) in [7, 11) is 0. The number of anilines is 1. The van der Waals surface area contributed by atoms with Gasteiger partial charge in [-0.05, 0) is 36.5 Å². The molecule has 0 saturated carbocycles. The first-order chi connectivity index (χ1) is 8.35. The van der Waals surface area contributed by atoms with Crippen LogP contribution in [-0.4, -0.2) is 24.2 Å². The Balaban J connectivity index is 2.63. The van der Waals surface area contributed by atoms with Gasteiger partial charge in [0.15, 0.2) is 0 Å². The SMILES string of the molecule is Cc1ccc(C(=O)NCC(C)(C)CCO)cc1N. The van der Waals surface area contributed by atoms with Gasteiger partial charge in [0.05, 0.1) is 0 Å². The van der Waals surface area contributed by atoms with Gasteiger partial charge in [0.2, 0.25) is 0 Å². The third-order valence-corrected chi connectivity index (χ3v) is 3.06. The van der Waals surface area contributed by atoms with Gasteiger partial charge in [0.25, 0.3) is 5.91 Å². The van der Waals surface area contributed by atoms with Gasteiger partial charge in [0, 0.05) is 24.4 Å². The molecule has 0 fully saturated rings. The summed E-state index contributed by atoms with van der Waals surface area (Å²) in [5, 5.41) is 11.8. The molecule has 0 aliphatic carbocycles. The van der Waals surface area contributed by atoms with Crippen molar-refractivity contribution >= 4 is 11.6 Å². The van der Waals surface area contributed by atoms with Crippen LogP contribution in [0.1, 0.15) is 36.2 Å². The van der Waals surface area contributed by atoms with Crippen LogP contribution in [-0.2, 0) is 0 Å². The zero-order valence-electron chi connectivity index (χ0n) is 11.3. The van der Waals surface area contributed by atoms with Crippen LogP contribution in [0, 0.1) is 12.3 Å². The summed E-state index contributed by atoms with van der Waals surface area (Å²) in [4.78, 5) is 11.9. The van der Waals surface area contributed by atoms with Crippen molar-refractivity contribution in [1.29, 1.82) is 0 Å². The van der Waals surface area contributed by atoms with E-state index < -0.39 is 0 Å². The lowest BCUT2D eigenvalue weighted by atomic mass is 9.89. The van der Waals surface area contributed by atoms with Crippen LogP contribution in [0.15, 0.2) is 18.2 Å². The quantitative estimate of drug-likeness (QED) is 0.696. The Morgan fingerprint density at radius 1 is 1.44 bits per heavy atom. The molecule has 0 aliphatic rings. The van der Waals surface area contributed by atoms with E-state index >= 15 is 0 Å². The molecule has 4 nitrogen and oxygen atoms in total. The Hall–Kier alpha value is -1.55. The molecule has 0 bridgehead atoms. The fourth-order valence-electron chi connectivity index (χ4n) is 1.59. The van der Waals surface area contributed by atoms with E-state index in [4.69, 9.17) is 10.8 Å². The molecule has 1 aromatic rings. The summed E-state index contributed by atoms with van der Waals surface area (Å²) < 4.78 is 0. The van der Waals surface area contributed by atoms with Crippen molar-refractivity contribution in [1.82, 2.24) is 5.32 Å². The molecule has 0 saturated heterocycles. The molecule has 0 spiro atoms. The molecule has 1 rings (SSSR count). The van der Waals surface area contributed by atoms with Crippen LogP contribution < -0.4 is 11.1 Å². The van der Waals surface area contributed by atoms with Gasteiger partial charge >= 0.3 is 0 Å². The zero-order chi connectivity index (χ0) is 13.8. The number of carbonyl (C=O) groups excluding carboxylic acids is 1. The second kappa shape index (κ2) is 5.87. The zero-order valence-corrected chi connectivity index (χ0v) is 11.3. The normalized spacial score (nSPS) is 11.3. The second-order valence-corrected chi connectivity index (χ2v) is 5.39. The van der Waals surface area contributed by atoms with Gasteiger partial charge in [-0.1, -0.05) is 19.9 Å². The Labute approximate surface area is 108 Å². The molecule has 1 amide bonds. The van der Waals surface area contributed by atoms with Gasteiger partial charge in [-0.25, -0.2) is 0 Å². The lowest BCUT2D eigenvalue weighted by Crippen LogP contribution is -2.34. The molecule has 0 aliphatic heterocycles. The minimum absolute atomic E-state index is 0.110. The van der Waals surface area contributed by atoms with E-state index in [1.54, 1.807) is 12.1 Å². The number of aryl methyl sites for hydroxylation is 1. The van der Waals surface area contributed by atoms with Crippen molar-refractivity contribution in [2.24, 2.45) is 5.41 Å². The molecule has 1 aromatic carbocycles. The van der Waals surface area contributed by atoms with Gasteiger partial charge in [-0.15, -0.1) is 0 Å². The molecule has 0 unspecified atom stereocenters.